The molecule has 1 fully saturated rings. The van der Waals surface area contributed by atoms with Crippen LogP contribution in [0.3, 0.4) is 0 Å². The van der Waals surface area contributed by atoms with Crippen molar-refractivity contribution in [3.05, 3.63) is 23.8 Å². The first-order valence-corrected chi connectivity index (χ1v) is 8.27. The normalized spacial score (nSPS) is 20.4. The van der Waals surface area contributed by atoms with Gasteiger partial charge in [0.2, 0.25) is 10.0 Å². The molecule has 6 nitrogen and oxygen atoms in total. The second-order valence-electron chi connectivity index (χ2n) is 5.01. The molecule has 0 spiro atoms. The quantitative estimate of drug-likeness (QED) is 0.877. The second-order valence-corrected chi connectivity index (χ2v) is 6.91. The maximum atomic E-state index is 12.8. The zero-order valence-corrected chi connectivity index (χ0v) is 13.1. The Balaban J connectivity index is 2.38. The molecule has 1 aliphatic rings. The van der Waals surface area contributed by atoms with Crippen LogP contribution in [0.4, 0.5) is 0 Å². The Kier molecular flexibility index (Phi) is 5.21. The van der Waals surface area contributed by atoms with Crippen LogP contribution in [0.5, 0.6) is 5.75 Å². The smallest absolute Gasteiger partial charge is 0.246 e. The maximum Gasteiger partial charge on any atom is 0.246 e. The van der Waals surface area contributed by atoms with Gasteiger partial charge in [-0.15, -0.1) is 0 Å². The van der Waals surface area contributed by atoms with E-state index in [0.717, 1.165) is 12.8 Å². The van der Waals surface area contributed by atoms with Gasteiger partial charge in [0.25, 0.3) is 0 Å². The second kappa shape index (κ2) is 6.74. The number of aliphatic hydroxyl groups excluding tert-OH is 1. The number of hydrogen-bond donors (Lipinski definition) is 1. The molecular weight excluding hydrogens is 294 g/mol. The average Bonchev–Trinajstić information content (AvgIpc) is 2.54. The zero-order chi connectivity index (χ0) is 15.5. The Bertz CT molecular complexity index is 587. The van der Waals surface area contributed by atoms with Crippen molar-refractivity contribution in [2.75, 3.05) is 27.3 Å². The minimum Gasteiger partial charge on any atom is -0.495 e. The molecule has 1 unspecified atom stereocenters. The number of methoxy groups -OCH3 is 2. The molecule has 1 N–H and O–H groups in total. The molecule has 21 heavy (non-hydrogen) atoms. The third-order valence-electron chi connectivity index (χ3n) is 3.70. The van der Waals surface area contributed by atoms with Crippen LogP contribution < -0.4 is 4.74 Å². The van der Waals surface area contributed by atoms with Gasteiger partial charge in [-0.25, -0.2) is 8.42 Å². The zero-order valence-electron chi connectivity index (χ0n) is 12.3. The first kappa shape index (κ1) is 16.2. The number of aliphatic hydroxyl groups is 1. The Morgan fingerprint density at radius 1 is 1.38 bits per heavy atom. The largest absolute Gasteiger partial charge is 0.495 e. The Morgan fingerprint density at radius 2 is 2.14 bits per heavy atom. The van der Waals surface area contributed by atoms with Gasteiger partial charge in [-0.1, -0.05) is 6.07 Å². The molecule has 1 aromatic rings. The van der Waals surface area contributed by atoms with Crippen LogP contribution in [0, 0.1) is 0 Å². The molecule has 7 heteroatoms. The van der Waals surface area contributed by atoms with Gasteiger partial charge in [-0.3, -0.25) is 0 Å². The standard InChI is InChI=1S/C14H21NO5S/c1-19-12-4-3-7-15(9-12)21(17,18)14-8-11(10-16)5-6-13(14)20-2/h5-6,8,12,16H,3-4,7,9-10H2,1-2H3. The van der Waals surface area contributed by atoms with Crippen LogP contribution in [0.15, 0.2) is 23.1 Å². The fourth-order valence-corrected chi connectivity index (χ4v) is 4.19. The van der Waals surface area contributed by atoms with Crippen molar-refractivity contribution < 1.29 is 23.0 Å². The van der Waals surface area contributed by atoms with Gasteiger partial charge < -0.3 is 14.6 Å². The molecule has 118 valence electrons. The minimum atomic E-state index is -3.66. The van der Waals surface area contributed by atoms with E-state index in [2.05, 4.69) is 0 Å². The highest BCUT2D eigenvalue weighted by Gasteiger charge is 2.32. The van der Waals surface area contributed by atoms with Crippen LogP contribution in [-0.4, -0.2) is 51.2 Å². The van der Waals surface area contributed by atoms with E-state index >= 15 is 0 Å². The predicted molar refractivity (Wildman–Crippen MR) is 77.7 cm³/mol. The van der Waals surface area contributed by atoms with Crippen LogP contribution in [-0.2, 0) is 21.4 Å². The lowest BCUT2D eigenvalue weighted by molar-refractivity contribution is 0.0571. The van der Waals surface area contributed by atoms with E-state index in [1.807, 2.05) is 0 Å². The maximum absolute atomic E-state index is 12.8. The SMILES string of the molecule is COc1ccc(CO)cc1S(=O)(=O)N1CCCC(OC)C1. The summed E-state index contributed by atoms with van der Waals surface area (Å²) in [4.78, 5) is 0.0910. The molecule has 1 heterocycles. The van der Waals surface area contributed by atoms with E-state index in [9.17, 15) is 13.5 Å². The summed E-state index contributed by atoms with van der Waals surface area (Å²) in [6.07, 6.45) is 1.54. The lowest BCUT2D eigenvalue weighted by Gasteiger charge is -2.31. The number of hydrogen-bond acceptors (Lipinski definition) is 5. The summed E-state index contributed by atoms with van der Waals surface area (Å²) >= 11 is 0. The number of ether oxygens (including phenoxy) is 2. The number of sulfonamides is 1. The number of rotatable bonds is 5. The molecule has 1 saturated heterocycles. The fraction of sp³-hybridized carbons (Fsp3) is 0.571. The predicted octanol–water partition coefficient (Wildman–Crippen LogP) is 0.987. The monoisotopic (exact) mass is 315 g/mol. The first-order valence-electron chi connectivity index (χ1n) is 6.83. The summed E-state index contributed by atoms with van der Waals surface area (Å²) in [5.41, 5.74) is 0.537. The molecule has 0 saturated carbocycles. The third kappa shape index (κ3) is 3.37. The topological polar surface area (TPSA) is 76.1 Å². The summed E-state index contributed by atoms with van der Waals surface area (Å²) in [6.45, 7) is 0.591. The van der Waals surface area contributed by atoms with Gasteiger partial charge in [0.1, 0.15) is 10.6 Å². The van der Waals surface area contributed by atoms with Gasteiger partial charge in [-0.05, 0) is 30.5 Å². The molecule has 0 amide bonds. The van der Waals surface area contributed by atoms with Crippen LogP contribution in [0.2, 0.25) is 0 Å². The molecule has 0 bridgehead atoms. The molecule has 0 radical (unpaired) electrons. The van der Waals surface area contributed by atoms with E-state index < -0.39 is 10.0 Å². The van der Waals surface area contributed by atoms with Gasteiger partial charge in [0.15, 0.2) is 0 Å². The van der Waals surface area contributed by atoms with Crippen molar-refractivity contribution in [3.8, 4) is 5.75 Å². The van der Waals surface area contributed by atoms with Crippen molar-refractivity contribution in [1.29, 1.82) is 0 Å². The molecule has 0 aromatic heterocycles. The average molecular weight is 315 g/mol. The highest BCUT2D eigenvalue weighted by Crippen LogP contribution is 2.30. The lowest BCUT2D eigenvalue weighted by atomic mass is 10.1. The molecule has 1 aromatic carbocycles. The Hall–Kier alpha value is -1.15. The van der Waals surface area contributed by atoms with E-state index in [-0.39, 0.29) is 23.4 Å². The number of piperidine rings is 1. The van der Waals surface area contributed by atoms with E-state index in [4.69, 9.17) is 9.47 Å². The Labute approximate surface area is 125 Å². The van der Waals surface area contributed by atoms with Crippen LogP contribution in [0.25, 0.3) is 0 Å². The van der Waals surface area contributed by atoms with Gasteiger partial charge in [0.05, 0.1) is 19.8 Å². The lowest BCUT2D eigenvalue weighted by Crippen LogP contribution is -2.42. The highest BCUT2D eigenvalue weighted by atomic mass is 32.2. The van der Waals surface area contributed by atoms with Gasteiger partial charge >= 0.3 is 0 Å². The van der Waals surface area contributed by atoms with E-state index in [0.29, 0.717) is 18.7 Å². The van der Waals surface area contributed by atoms with Crippen LogP contribution in [0.1, 0.15) is 18.4 Å². The highest BCUT2D eigenvalue weighted by molar-refractivity contribution is 7.89. The minimum absolute atomic E-state index is 0.0828. The Morgan fingerprint density at radius 3 is 2.76 bits per heavy atom. The summed E-state index contributed by atoms with van der Waals surface area (Å²) in [5, 5.41) is 9.21. The first-order chi connectivity index (χ1) is 10.0. The van der Waals surface area contributed by atoms with Crippen molar-refractivity contribution in [3.63, 3.8) is 0 Å². The van der Waals surface area contributed by atoms with E-state index in [1.54, 1.807) is 19.2 Å². The van der Waals surface area contributed by atoms with Crippen molar-refractivity contribution in [2.45, 2.75) is 30.4 Å². The molecule has 2 rings (SSSR count). The number of nitrogens with zero attached hydrogens (tertiary/aromatic N) is 1. The molecule has 1 aliphatic heterocycles. The number of benzene rings is 1. The summed E-state index contributed by atoms with van der Waals surface area (Å²) in [6, 6.07) is 4.67. The van der Waals surface area contributed by atoms with Crippen molar-refractivity contribution in [2.24, 2.45) is 0 Å². The summed E-state index contributed by atoms with van der Waals surface area (Å²) in [5.74, 6) is 0.284. The van der Waals surface area contributed by atoms with Crippen molar-refractivity contribution >= 4 is 10.0 Å². The molecular formula is C14H21NO5S. The van der Waals surface area contributed by atoms with Crippen molar-refractivity contribution in [1.82, 2.24) is 4.31 Å². The van der Waals surface area contributed by atoms with Gasteiger partial charge in [0, 0.05) is 20.2 Å². The summed E-state index contributed by atoms with van der Waals surface area (Å²) < 4.78 is 37.5. The molecule has 1 atom stereocenters. The van der Waals surface area contributed by atoms with Crippen LogP contribution >= 0.6 is 0 Å². The molecule has 0 aliphatic carbocycles. The van der Waals surface area contributed by atoms with E-state index in [1.165, 1.54) is 17.5 Å². The summed E-state index contributed by atoms with van der Waals surface area (Å²) in [7, 11) is -0.640. The third-order valence-corrected chi connectivity index (χ3v) is 5.59. The van der Waals surface area contributed by atoms with Gasteiger partial charge in [-0.2, -0.15) is 4.31 Å². The fourth-order valence-electron chi connectivity index (χ4n) is 2.48.